The molecule has 0 amide bonds. The number of rotatable bonds is 0. The summed E-state index contributed by atoms with van der Waals surface area (Å²) in [6, 6.07) is 30.3. The second-order valence-electron chi connectivity index (χ2n) is 19.5. The fraction of sp³-hybridized carbons (Fsp3) is 0.368. The van der Waals surface area contributed by atoms with Crippen LogP contribution in [0.5, 0.6) is 0 Å². The zero-order valence-corrected chi connectivity index (χ0v) is 56.5. The number of hydrogen-bond acceptors (Lipinski definition) is 0. The van der Waals surface area contributed by atoms with Crippen molar-refractivity contribution in [1.82, 2.24) is 29.9 Å². The summed E-state index contributed by atoms with van der Waals surface area (Å²) in [5.41, 5.74) is 29.5. The van der Waals surface area contributed by atoms with Crippen molar-refractivity contribution in [3.05, 3.63) is 211 Å². The largest absolute Gasteiger partial charge is 0.361 e. The van der Waals surface area contributed by atoms with Crippen LogP contribution in [0, 0.1) is 111 Å². The normalized spacial score (nSPS) is 9.71. The van der Waals surface area contributed by atoms with Crippen molar-refractivity contribution < 1.29 is 0 Å². The minimum Gasteiger partial charge on any atom is -0.361 e. The zero-order valence-electron chi connectivity index (χ0n) is 56.5. The monoisotopic (exact) mass is 1110 g/mol. The van der Waals surface area contributed by atoms with Gasteiger partial charge in [-0.15, -0.1) is 0 Å². The molecule has 12 aromatic rings. The molecular weight excluding hydrogens is 997 g/mol. The van der Waals surface area contributed by atoms with Crippen molar-refractivity contribution in [3.8, 4) is 0 Å². The van der Waals surface area contributed by atoms with Gasteiger partial charge in [0.25, 0.3) is 0 Å². The summed E-state index contributed by atoms with van der Waals surface area (Å²) in [7, 11) is 0. The topological polar surface area (TPSA) is 94.7 Å². The summed E-state index contributed by atoms with van der Waals surface area (Å²) < 4.78 is 0. The van der Waals surface area contributed by atoms with Gasteiger partial charge in [0.05, 0.1) is 0 Å². The lowest BCUT2D eigenvalue weighted by Crippen LogP contribution is -1.87. The summed E-state index contributed by atoms with van der Waals surface area (Å²) in [5.74, 6) is 0. The van der Waals surface area contributed by atoms with Crippen molar-refractivity contribution in [2.45, 2.75) is 194 Å². The van der Waals surface area contributed by atoms with Gasteiger partial charge in [-0.1, -0.05) is 119 Å². The van der Waals surface area contributed by atoms with E-state index >= 15 is 0 Å². The first kappa shape index (κ1) is 72.6. The highest BCUT2D eigenvalue weighted by Crippen LogP contribution is 2.27. The standard InChI is InChI=1S/4C11H13N.2C10H11N.6C2H6/c2*1-7-6-10-4-5-12-11(10)9(3)8(7)2;1-7-6-8(2)11-10(9(7)3)4-5-12-11;1-7-6-8(2)10-4-5-12-11(10)9(7)3;1-7-3-4-9-5-6-11-10(9)8(7)2;1-7-3-4-8(2)10-9(7)5-6-11-10;6*1-2/h4*4-6,12H,1-3H3;2*3-6,11H,1-2H3;6*1-2H3. The number of aryl methyl sites for hydroxylation is 14. The van der Waals surface area contributed by atoms with Crippen molar-refractivity contribution in [2.75, 3.05) is 0 Å². The molecule has 444 valence electrons. The Bertz CT molecular complexity index is 3530. The predicted molar refractivity (Wildman–Crippen MR) is 374 cm³/mol. The van der Waals surface area contributed by atoms with Gasteiger partial charge in [0, 0.05) is 86.4 Å². The first-order chi connectivity index (χ1) is 39.4. The molecule has 6 aromatic heterocycles. The highest BCUT2D eigenvalue weighted by molar-refractivity contribution is 5.89. The Morgan fingerprint density at radius 1 is 0.183 bits per heavy atom. The second kappa shape index (κ2) is 36.8. The SMILES string of the molecule is CC.CC.CC.CC.CC.CC.Cc1cc(C)c2[nH]ccc2c1C.Cc1cc(C)c2cc[nH]c2c1C.Cc1cc2cc[nH]c2c(C)c1C.Cc1cc2cc[nH]c2c(C)c1C.Cc1ccc(C)c2[nH]ccc12.Cc1ccc2cc[nH]c2c1C. The lowest BCUT2D eigenvalue weighted by atomic mass is 10.0. The molecule has 0 saturated carbocycles. The van der Waals surface area contributed by atoms with E-state index < -0.39 is 0 Å². The fourth-order valence-electron chi connectivity index (χ4n) is 9.57. The minimum absolute atomic E-state index is 1.27. The number of aromatic nitrogens is 6. The first-order valence-corrected chi connectivity index (χ1v) is 30.6. The molecule has 12 rings (SSSR count). The fourth-order valence-corrected chi connectivity index (χ4v) is 9.57. The Labute approximate surface area is 497 Å². The summed E-state index contributed by atoms with van der Waals surface area (Å²) >= 11 is 0. The van der Waals surface area contributed by atoms with Crippen LogP contribution in [-0.2, 0) is 0 Å². The van der Waals surface area contributed by atoms with Gasteiger partial charge in [-0.3, -0.25) is 0 Å². The maximum Gasteiger partial charge on any atom is 0.0488 e. The molecule has 0 atom stereocenters. The second-order valence-corrected chi connectivity index (χ2v) is 19.5. The van der Waals surface area contributed by atoms with E-state index in [2.05, 4.69) is 226 Å². The molecule has 0 fully saturated rings. The Morgan fingerprint density at radius 3 is 0.951 bits per heavy atom. The number of fused-ring (bicyclic) bond motifs is 6. The van der Waals surface area contributed by atoms with E-state index in [1.165, 1.54) is 154 Å². The van der Waals surface area contributed by atoms with Gasteiger partial charge < -0.3 is 29.9 Å². The van der Waals surface area contributed by atoms with E-state index in [1.54, 1.807) is 0 Å². The Morgan fingerprint density at radius 2 is 0.488 bits per heavy atom. The molecule has 82 heavy (non-hydrogen) atoms. The van der Waals surface area contributed by atoms with Crippen molar-refractivity contribution in [3.63, 3.8) is 0 Å². The molecule has 0 bridgehead atoms. The van der Waals surface area contributed by atoms with Crippen LogP contribution in [0.4, 0.5) is 0 Å². The maximum atomic E-state index is 3.27. The molecule has 0 spiro atoms. The van der Waals surface area contributed by atoms with Gasteiger partial charge >= 0.3 is 0 Å². The third-order valence-corrected chi connectivity index (χ3v) is 14.9. The van der Waals surface area contributed by atoms with E-state index in [4.69, 9.17) is 0 Å². The third-order valence-electron chi connectivity index (χ3n) is 14.9. The smallest absolute Gasteiger partial charge is 0.0488 e. The van der Waals surface area contributed by atoms with E-state index in [0.29, 0.717) is 0 Å². The molecule has 0 unspecified atom stereocenters. The Hall–Kier alpha value is -7.44. The molecule has 6 nitrogen and oxygen atoms in total. The Kier molecular flexibility index (Phi) is 32.6. The van der Waals surface area contributed by atoms with E-state index in [-0.39, 0.29) is 0 Å². The van der Waals surface area contributed by atoms with Crippen molar-refractivity contribution in [1.29, 1.82) is 0 Å². The minimum atomic E-state index is 1.27. The van der Waals surface area contributed by atoms with E-state index in [9.17, 15) is 0 Å². The van der Waals surface area contributed by atoms with Gasteiger partial charge in [0.1, 0.15) is 0 Å². The van der Waals surface area contributed by atoms with Crippen LogP contribution in [0.25, 0.3) is 65.4 Å². The van der Waals surface area contributed by atoms with Crippen molar-refractivity contribution in [2.24, 2.45) is 0 Å². The van der Waals surface area contributed by atoms with Gasteiger partial charge in [-0.2, -0.15) is 0 Å². The summed E-state index contributed by atoms with van der Waals surface area (Å²) in [6.07, 6.45) is 12.0. The van der Waals surface area contributed by atoms with Gasteiger partial charge in [-0.05, 0) is 264 Å². The number of aromatic amines is 6. The van der Waals surface area contributed by atoms with E-state index in [0.717, 1.165) is 0 Å². The molecule has 0 aliphatic rings. The van der Waals surface area contributed by atoms with Crippen molar-refractivity contribution >= 4 is 65.4 Å². The third kappa shape index (κ3) is 18.3. The quantitative estimate of drug-likeness (QED) is 0.0873. The Balaban J connectivity index is 0.000000474. The van der Waals surface area contributed by atoms with Crippen LogP contribution in [0.15, 0.2) is 122 Å². The number of benzene rings is 6. The first-order valence-electron chi connectivity index (χ1n) is 30.6. The molecule has 0 aliphatic heterocycles. The van der Waals surface area contributed by atoms with Crippen LogP contribution in [0.2, 0.25) is 0 Å². The highest BCUT2D eigenvalue weighted by Gasteiger charge is 2.07. The van der Waals surface area contributed by atoms with Gasteiger partial charge in [0.15, 0.2) is 0 Å². The molecule has 0 saturated heterocycles. The molecule has 6 N–H and O–H groups in total. The van der Waals surface area contributed by atoms with Crippen LogP contribution in [0.1, 0.15) is 172 Å². The van der Waals surface area contributed by atoms with Crippen LogP contribution < -0.4 is 0 Å². The average Bonchev–Trinajstić information content (AvgIpc) is 4.38. The van der Waals surface area contributed by atoms with Crippen LogP contribution in [0.3, 0.4) is 0 Å². The predicted octanol–water partition coefficient (Wildman–Crippen LogP) is 24.1. The van der Waals surface area contributed by atoms with Gasteiger partial charge in [-0.25, -0.2) is 0 Å². The lowest BCUT2D eigenvalue weighted by Gasteiger charge is -2.05. The lowest BCUT2D eigenvalue weighted by molar-refractivity contribution is 1.28. The highest BCUT2D eigenvalue weighted by atomic mass is 14.7. The number of hydrogen-bond donors (Lipinski definition) is 6. The molecule has 0 aliphatic carbocycles. The average molecular weight is 1110 g/mol. The molecule has 6 aromatic carbocycles. The number of nitrogens with one attached hydrogen (secondary N) is 6. The molecule has 6 heterocycles. The zero-order chi connectivity index (χ0) is 62.6. The maximum absolute atomic E-state index is 3.27. The summed E-state index contributed by atoms with van der Waals surface area (Å²) in [4.78, 5) is 19.5. The van der Waals surface area contributed by atoms with Gasteiger partial charge in [0.2, 0.25) is 0 Å². The molecule has 6 heteroatoms. The summed E-state index contributed by atoms with van der Waals surface area (Å²) in [5, 5.41) is 7.97. The number of H-pyrrole nitrogens is 6. The van der Waals surface area contributed by atoms with Crippen LogP contribution >= 0.6 is 0 Å². The summed E-state index contributed by atoms with van der Waals surface area (Å²) in [6.45, 7) is 58.5. The van der Waals surface area contributed by atoms with Crippen LogP contribution in [-0.4, -0.2) is 29.9 Å². The molecule has 0 radical (unpaired) electrons. The van der Waals surface area contributed by atoms with E-state index in [1.807, 2.05) is 120 Å². The molecular formula is C76H110N6.